The van der Waals surface area contributed by atoms with Gasteiger partial charge in [0, 0.05) is 12.7 Å². The summed E-state index contributed by atoms with van der Waals surface area (Å²) in [5, 5.41) is 7.10. The standard InChI is InChI=1S/C14H15Cl2N3/c1-3-9-4-6-10(7-5-9)18-14-12(16)8-11(15)13(17-2)19-14/h4-8H,3H2,1-2H3,(H2,17,18,19). The first-order valence-corrected chi connectivity index (χ1v) is 6.79. The maximum absolute atomic E-state index is 6.13. The lowest BCUT2D eigenvalue weighted by molar-refractivity contribution is 1.14. The number of hydrogen-bond acceptors (Lipinski definition) is 3. The van der Waals surface area contributed by atoms with Crippen LogP contribution in [0.2, 0.25) is 10.0 Å². The number of aromatic nitrogens is 1. The van der Waals surface area contributed by atoms with Gasteiger partial charge in [0.2, 0.25) is 0 Å². The molecule has 1 aromatic heterocycles. The highest BCUT2D eigenvalue weighted by Crippen LogP contribution is 2.30. The molecule has 1 heterocycles. The second kappa shape index (κ2) is 6.13. The van der Waals surface area contributed by atoms with Crippen molar-refractivity contribution in [1.29, 1.82) is 0 Å². The van der Waals surface area contributed by atoms with Gasteiger partial charge in [-0.25, -0.2) is 4.98 Å². The van der Waals surface area contributed by atoms with Crippen molar-refractivity contribution in [2.45, 2.75) is 13.3 Å². The molecule has 0 amide bonds. The summed E-state index contributed by atoms with van der Waals surface area (Å²) < 4.78 is 0. The summed E-state index contributed by atoms with van der Waals surface area (Å²) in [6.45, 7) is 2.12. The van der Waals surface area contributed by atoms with E-state index in [0.29, 0.717) is 21.7 Å². The highest BCUT2D eigenvalue weighted by atomic mass is 35.5. The van der Waals surface area contributed by atoms with E-state index in [4.69, 9.17) is 23.2 Å². The van der Waals surface area contributed by atoms with Gasteiger partial charge in [-0.1, -0.05) is 42.3 Å². The fraction of sp³-hybridized carbons (Fsp3) is 0.214. The van der Waals surface area contributed by atoms with Gasteiger partial charge >= 0.3 is 0 Å². The predicted octanol–water partition coefficient (Wildman–Crippen LogP) is 4.74. The monoisotopic (exact) mass is 295 g/mol. The van der Waals surface area contributed by atoms with E-state index >= 15 is 0 Å². The van der Waals surface area contributed by atoms with E-state index in [2.05, 4.69) is 34.7 Å². The molecule has 2 aromatic rings. The molecule has 0 spiro atoms. The normalized spacial score (nSPS) is 10.3. The molecule has 0 radical (unpaired) electrons. The fourth-order valence-electron chi connectivity index (χ4n) is 1.69. The second-order valence-electron chi connectivity index (χ2n) is 4.07. The summed E-state index contributed by atoms with van der Waals surface area (Å²) in [7, 11) is 1.77. The minimum absolute atomic E-state index is 0.489. The van der Waals surface area contributed by atoms with Gasteiger partial charge in [-0.15, -0.1) is 0 Å². The van der Waals surface area contributed by atoms with Gasteiger partial charge in [0.15, 0.2) is 5.82 Å². The SMILES string of the molecule is CCc1ccc(Nc2nc(NC)c(Cl)cc2Cl)cc1. The average Bonchev–Trinajstić information content (AvgIpc) is 2.42. The molecule has 0 atom stereocenters. The Kier molecular flexibility index (Phi) is 4.51. The van der Waals surface area contributed by atoms with Crippen LogP contribution in [0.3, 0.4) is 0 Å². The Morgan fingerprint density at radius 3 is 2.26 bits per heavy atom. The smallest absolute Gasteiger partial charge is 0.151 e. The largest absolute Gasteiger partial charge is 0.372 e. The van der Waals surface area contributed by atoms with Crippen LogP contribution in [-0.4, -0.2) is 12.0 Å². The molecule has 5 heteroatoms. The van der Waals surface area contributed by atoms with Gasteiger partial charge < -0.3 is 10.6 Å². The molecule has 1 aromatic carbocycles. The van der Waals surface area contributed by atoms with Crippen molar-refractivity contribution in [2.24, 2.45) is 0 Å². The number of benzene rings is 1. The van der Waals surface area contributed by atoms with E-state index in [9.17, 15) is 0 Å². The van der Waals surface area contributed by atoms with Crippen LogP contribution in [0.5, 0.6) is 0 Å². The van der Waals surface area contributed by atoms with Crippen LogP contribution >= 0.6 is 23.2 Å². The van der Waals surface area contributed by atoms with Gasteiger partial charge in [0.05, 0.1) is 10.0 Å². The van der Waals surface area contributed by atoms with Crippen LogP contribution in [0.1, 0.15) is 12.5 Å². The Labute approximate surface area is 123 Å². The third kappa shape index (κ3) is 3.31. The molecule has 0 bridgehead atoms. The molecular formula is C14H15Cl2N3. The lowest BCUT2D eigenvalue weighted by Crippen LogP contribution is -1.99. The molecule has 2 N–H and O–H groups in total. The molecule has 0 fully saturated rings. The lowest BCUT2D eigenvalue weighted by atomic mass is 10.1. The Hall–Kier alpha value is -1.45. The van der Waals surface area contributed by atoms with Crippen LogP contribution in [-0.2, 0) is 6.42 Å². The number of anilines is 3. The molecule has 19 heavy (non-hydrogen) atoms. The van der Waals surface area contributed by atoms with Crippen molar-refractivity contribution in [2.75, 3.05) is 17.7 Å². The highest BCUT2D eigenvalue weighted by Gasteiger charge is 2.08. The number of nitrogens with zero attached hydrogens (tertiary/aromatic N) is 1. The van der Waals surface area contributed by atoms with E-state index in [1.165, 1.54) is 5.56 Å². The zero-order valence-electron chi connectivity index (χ0n) is 10.8. The van der Waals surface area contributed by atoms with E-state index in [1.54, 1.807) is 13.1 Å². The quantitative estimate of drug-likeness (QED) is 0.856. The molecule has 0 saturated carbocycles. The molecule has 2 rings (SSSR count). The molecule has 3 nitrogen and oxygen atoms in total. The third-order valence-corrected chi connectivity index (χ3v) is 3.37. The van der Waals surface area contributed by atoms with Gasteiger partial charge in [-0.05, 0) is 30.2 Å². The van der Waals surface area contributed by atoms with Crippen LogP contribution in [0.25, 0.3) is 0 Å². The van der Waals surface area contributed by atoms with Gasteiger partial charge in [0.25, 0.3) is 0 Å². The first-order chi connectivity index (χ1) is 9.13. The Bertz CT molecular complexity index is 568. The molecule has 0 aliphatic rings. The van der Waals surface area contributed by atoms with Gasteiger partial charge in [-0.2, -0.15) is 0 Å². The zero-order valence-corrected chi connectivity index (χ0v) is 12.3. The minimum atomic E-state index is 0.489. The van der Waals surface area contributed by atoms with Gasteiger partial charge in [0.1, 0.15) is 5.82 Å². The van der Waals surface area contributed by atoms with Crippen LogP contribution < -0.4 is 10.6 Å². The van der Waals surface area contributed by atoms with Crippen molar-refractivity contribution in [1.82, 2.24) is 4.98 Å². The van der Waals surface area contributed by atoms with E-state index in [-0.39, 0.29) is 0 Å². The summed E-state index contributed by atoms with van der Waals surface area (Å²) in [4.78, 5) is 4.34. The molecular weight excluding hydrogens is 281 g/mol. The molecule has 0 aliphatic carbocycles. The van der Waals surface area contributed by atoms with Crippen molar-refractivity contribution >= 4 is 40.5 Å². The topological polar surface area (TPSA) is 37.0 Å². The summed E-state index contributed by atoms with van der Waals surface area (Å²) in [6, 6.07) is 9.83. The summed E-state index contributed by atoms with van der Waals surface area (Å²) in [5.41, 5.74) is 2.23. The molecule has 100 valence electrons. The highest BCUT2D eigenvalue weighted by molar-refractivity contribution is 6.37. The Morgan fingerprint density at radius 2 is 1.68 bits per heavy atom. The summed E-state index contributed by atoms with van der Waals surface area (Å²) in [6.07, 6.45) is 1.02. The summed E-state index contributed by atoms with van der Waals surface area (Å²) >= 11 is 12.1. The van der Waals surface area contributed by atoms with E-state index in [1.807, 2.05) is 12.1 Å². The van der Waals surface area contributed by atoms with Crippen molar-refractivity contribution in [3.8, 4) is 0 Å². The van der Waals surface area contributed by atoms with E-state index < -0.39 is 0 Å². The maximum atomic E-state index is 6.13. The molecule has 0 unspecified atom stereocenters. The van der Waals surface area contributed by atoms with Crippen molar-refractivity contribution in [3.63, 3.8) is 0 Å². The van der Waals surface area contributed by atoms with E-state index in [0.717, 1.165) is 12.1 Å². The van der Waals surface area contributed by atoms with Crippen LogP contribution in [0.15, 0.2) is 30.3 Å². The average molecular weight is 296 g/mol. The number of aryl methyl sites for hydroxylation is 1. The van der Waals surface area contributed by atoms with Crippen LogP contribution in [0, 0.1) is 0 Å². The minimum Gasteiger partial charge on any atom is -0.372 e. The van der Waals surface area contributed by atoms with Crippen LogP contribution in [0.4, 0.5) is 17.3 Å². The predicted molar refractivity (Wildman–Crippen MR) is 82.9 cm³/mol. The van der Waals surface area contributed by atoms with Crippen molar-refractivity contribution < 1.29 is 0 Å². The number of nitrogens with one attached hydrogen (secondary N) is 2. The number of hydrogen-bond donors (Lipinski definition) is 2. The Morgan fingerprint density at radius 1 is 1.05 bits per heavy atom. The second-order valence-corrected chi connectivity index (χ2v) is 4.89. The number of pyridine rings is 1. The lowest BCUT2D eigenvalue weighted by Gasteiger charge is -2.11. The summed E-state index contributed by atoms with van der Waals surface area (Å²) in [5.74, 6) is 1.18. The molecule has 0 saturated heterocycles. The Balaban J connectivity index is 2.26. The van der Waals surface area contributed by atoms with Gasteiger partial charge in [-0.3, -0.25) is 0 Å². The number of rotatable bonds is 4. The molecule has 0 aliphatic heterocycles. The zero-order chi connectivity index (χ0) is 13.8. The third-order valence-electron chi connectivity index (χ3n) is 2.79. The van der Waals surface area contributed by atoms with Crippen molar-refractivity contribution in [3.05, 3.63) is 45.9 Å². The maximum Gasteiger partial charge on any atom is 0.151 e. The number of halogens is 2. The fourth-order valence-corrected chi connectivity index (χ4v) is 2.19. The first kappa shape index (κ1) is 14.0. The first-order valence-electron chi connectivity index (χ1n) is 6.03.